The van der Waals surface area contributed by atoms with Crippen LogP contribution in [0, 0.1) is 0 Å². The van der Waals surface area contributed by atoms with Gasteiger partial charge >= 0.3 is 0 Å². The van der Waals surface area contributed by atoms with Gasteiger partial charge in [-0.2, -0.15) is 0 Å². The monoisotopic (exact) mass is 621 g/mol. The molecule has 2 aromatic heterocycles. The van der Waals surface area contributed by atoms with Crippen molar-refractivity contribution in [3.63, 3.8) is 0 Å². The van der Waals surface area contributed by atoms with Gasteiger partial charge in [0.2, 0.25) is 0 Å². The maximum atomic E-state index is 4.58. The average molecular weight is 622 g/mol. The van der Waals surface area contributed by atoms with E-state index in [1.54, 1.807) is 20.3 Å². The van der Waals surface area contributed by atoms with Crippen molar-refractivity contribution in [2.24, 2.45) is 0 Å². The minimum Gasteiger partial charge on any atom is -0.245 e. The Bertz CT molecular complexity index is 1900. The van der Waals surface area contributed by atoms with E-state index >= 15 is 0 Å². The summed E-state index contributed by atoms with van der Waals surface area (Å²) in [7, 11) is 1.74. The highest BCUT2D eigenvalue weighted by Gasteiger charge is 2.11. The van der Waals surface area contributed by atoms with Crippen LogP contribution in [0.1, 0.15) is 0 Å². The molecule has 5 aromatic carbocycles. The first-order valence-corrected chi connectivity index (χ1v) is 16.2. The first-order chi connectivity index (χ1) is 18.3. The van der Waals surface area contributed by atoms with Gasteiger partial charge in [-0.3, -0.25) is 0 Å². The van der Waals surface area contributed by atoms with E-state index < -0.39 is 0 Å². The Hall–Kier alpha value is -3.19. The Morgan fingerprint density at radius 1 is 0.568 bits per heavy atom. The van der Waals surface area contributed by atoms with Gasteiger partial charge in [-0.05, 0) is 80.6 Å². The van der Waals surface area contributed by atoms with Crippen LogP contribution in [0.3, 0.4) is 0 Å². The van der Waals surface area contributed by atoms with E-state index in [2.05, 4.69) is 135 Å². The lowest BCUT2D eigenvalue weighted by atomic mass is 9.96. The molecule has 0 saturated heterocycles. The van der Waals surface area contributed by atoms with E-state index in [9.17, 15) is 0 Å². The van der Waals surface area contributed by atoms with Crippen LogP contribution in [0.4, 0.5) is 0 Å². The van der Waals surface area contributed by atoms with Crippen LogP contribution in [-0.2, 0) is 0 Å². The van der Waals surface area contributed by atoms with Gasteiger partial charge in [0.25, 0.3) is 0 Å². The Labute approximate surface area is 235 Å². The maximum absolute atomic E-state index is 4.58. The predicted molar refractivity (Wildman–Crippen MR) is 171 cm³/mol. The number of hydrogen-bond donors (Lipinski definition) is 0. The van der Waals surface area contributed by atoms with Crippen LogP contribution in [0.25, 0.3) is 64.5 Å². The van der Waals surface area contributed by atoms with Gasteiger partial charge in [0.15, 0.2) is 0 Å². The molecule has 7 aromatic rings. The van der Waals surface area contributed by atoms with Crippen molar-refractivity contribution in [3.8, 4) is 33.4 Å². The molecule has 176 valence electrons. The molecule has 0 radical (unpaired) electrons. The summed E-state index contributed by atoms with van der Waals surface area (Å²) in [5.41, 5.74) is 7.47. The van der Waals surface area contributed by atoms with E-state index in [4.69, 9.17) is 0 Å². The fraction of sp³-hybridized carbons (Fsp3) is 0. The summed E-state index contributed by atoms with van der Waals surface area (Å²) in [5.74, 6) is 0. The first-order valence-electron chi connectivity index (χ1n) is 12.1. The Morgan fingerprint density at radius 2 is 1.16 bits per heavy atom. The molecule has 0 unspecified atom stereocenters. The van der Waals surface area contributed by atoms with E-state index in [1.807, 2.05) is 12.3 Å². The van der Waals surface area contributed by atoms with Crippen molar-refractivity contribution >= 4 is 72.6 Å². The van der Waals surface area contributed by atoms with Crippen LogP contribution in [-0.4, -0.2) is 4.98 Å². The second-order valence-corrected chi connectivity index (χ2v) is 12.0. The fourth-order valence-corrected chi connectivity index (χ4v) is 7.30. The fourth-order valence-electron chi connectivity index (χ4n) is 5.01. The Morgan fingerprint density at radius 3 is 1.84 bits per heavy atom. The van der Waals surface area contributed by atoms with Crippen LogP contribution in [0.2, 0.25) is 0 Å². The van der Waals surface area contributed by atoms with Crippen LogP contribution >= 0.6 is 41.5 Å². The normalized spacial score (nSPS) is 11.5. The number of thiophene rings is 1. The summed E-state index contributed by atoms with van der Waals surface area (Å²) in [6.07, 6.45) is 1.87. The molecule has 2 heterocycles. The van der Waals surface area contributed by atoms with Crippen molar-refractivity contribution in [1.29, 1.82) is 0 Å². The summed E-state index contributed by atoms with van der Waals surface area (Å²) < 4.78 is 1.30. The summed E-state index contributed by atoms with van der Waals surface area (Å²) in [6.45, 7) is 0. The summed E-state index contributed by atoms with van der Waals surface area (Å²) in [6, 6.07) is 42.0. The zero-order chi connectivity index (χ0) is 24.8. The summed E-state index contributed by atoms with van der Waals surface area (Å²) in [5, 5.41) is 5.03. The maximum Gasteiger partial charge on any atom is 0.124 e. The third kappa shape index (κ3) is 4.23. The molecule has 37 heavy (non-hydrogen) atoms. The van der Waals surface area contributed by atoms with Gasteiger partial charge in [0.1, 0.15) is 4.83 Å². The number of benzene rings is 5. The van der Waals surface area contributed by atoms with Gasteiger partial charge in [0, 0.05) is 47.8 Å². The Kier molecular flexibility index (Phi) is 5.96. The van der Waals surface area contributed by atoms with Gasteiger partial charge < -0.3 is 0 Å². The first kappa shape index (κ1) is 23.0. The highest BCUT2D eigenvalue weighted by molar-refractivity contribution is 14.2. The number of aromatic nitrogens is 1. The molecular weight excluding hydrogens is 601 g/mol. The molecule has 1 nitrogen and oxygen atoms in total. The lowest BCUT2D eigenvalue weighted by Gasteiger charge is -2.09. The van der Waals surface area contributed by atoms with E-state index in [-0.39, 0.29) is 0 Å². The third-order valence-electron chi connectivity index (χ3n) is 6.92. The molecule has 0 aliphatic heterocycles. The van der Waals surface area contributed by atoms with E-state index in [0.29, 0.717) is 0 Å². The molecule has 0 bridgehead atoms. The molecular formula is C33H20INS2. The van der Waals surface area contributed by atoms with Crippen LogP contribution in [0.5, 0.6) is 0 Å². The van der Waals surface area contributed by atoms with Crippen molar-refractivity contribution in [1.82, 2.24) is 4.98 Å². The number of halogens is 1. The lowest BCUT2D eigenvalue weighted by molar-refractivity contribution is 1.45. The Balaban J connectivity index is 1.21. The minimum atomic E-state index is 1.09. The lowest BCUT2D eigenvalue weighted by Crippen LogP contribution is -1.83. The molecule has 0 spiro atoms. The third-order valence-corrected chi connectivity index (χ3v) is 10.1. The van der Waals surface area contributed by atoms with Crippen LogP contribution < -0.4 is 0 Å². The number of fused-ring (bicyclic) bond motifs is 4. The van der Waals surface area contributed by atoms with E-state index in [1.165, 1.54) is 64.5 Å². The zero-order valence-corrected chi connectivity index (χ0v) is 23.5. The molecule has 0 aliphatic carbocycles. The smallest absolute Gasteiger partial charge is 0.124 e. The van der Waals surface area contributed by atoms with Crippen molar-refractivity contribution in [3.05, 3.63) is 121 Å². The molecule has 0 amide bonds. The van der Waals surface area contributed by atoms with Crippen molar-refractivity contribution in [2.75, 3.05) is 0 Å². The van der Waals surface area contributed by atoms with E-state index in [0.717, 1.165) is 4.83 Å². The zero-order valence-electron chi connectivity index (χ0n) is 19.7. The average Bonchev–Trinajstić information content (AvgIpc) is 3.36. The number of nitrogens with zero attached hydrogens (tertiary/aromatic N) is 1. The molecule has 0 atom stereocenters. The van der Waals surface area contributed by atoms with Gasteiger partial charge in [-0.15, -0.1) is 11.3 Å². The highest BCUT2D eigenvalue weighted by atomic mass is 127. The predicted octanol–water partition coefficient (Wildman–Crippen LogP) is 11.0. The number of rotatable bonds is 4. The summed E-state index contributed by atoms with van der Waals surface area (Å²) in [4.78, 5) is 6.95. The van der Waals surface area contributed by atoms with Crippen molar-refractivity contribution < 1.29 is 0 Å². The molecule has 7 rings (SSSR count). The summed E-state index contributed by atoms with van der Waals surface area (Å²) >= 11 is 4.10. The standard InChI is InChI=1S/C33H20INS2/c34-37-28-16-14-22(15-17-28)25-11-13-26-19-24(10-12-27(26)20-25)21-6-8-23(9-7-21)29-3-1-4-30-31-5-2-18-35-33(31)36-32(29)30/h1-20H. The molecule has 0 N–H and O–H groups in total. The molecule has 0 saturated carbocycles. The minimum absolute atomic E-state index is 1.09. The van der Waals surface area contributed by atoms with Gasteiger partial charge in [0.05, 0.1) is 0 Å². The molecule has 4 heteroatoms. The largest absolute Gasteiger partial charge is 0.245 e. The molecule has 0 fully saturated rings. The second kappa shape index (κ2) is 9.60. The SMILES string of the molecule is ISc1ccc(-c2ccc3cc(-c4ccc(-c5cccc6c5sc5ncccc56)cc4)ccc3c2)cc1. The van der Waals surface area contributed by atoms with Crippen LogP contribution in [0.15, 0.2) is 126 Å². The molecule has 0 aliphatic rings. The van der Waals surface area contributed by atoms with Crippen molar-refractivity contribution in [2.45, 2.75) is 4.90 Å². The quantitative estimate of drug-likeness (QED) is 0.181. The second-order valence-electron chi connectivity index (χ2n) is 9.10. The van der Waals surface area contributed by atoms with Gasteiger partial charge in [-0.25, -0.2) is 4.98 Å². The number of pyridine rings is 1. The van der Waals surface area contributed by atoms with Gasteiger partial charge in [-0.1, -0.05) is 87.8 Å². The topological polar surface area (TPSA) is 12.9 Å². The highest BCUT2D eigenvalue weighted by Crippen LogP contribution is 2.39. The number of hydrogen-bond acceptors (Lipinski definition) is 3.